The molecule has 8 heteroatoms. The van der Waals surface area contributed by atoms with E-state index in [4.69, 9.17) is 5.73 Å². The molecule has 0 aliphatic carbocycles. The summed E-state index contributed by atoms with van der Waals surface area (Å²) >= 11 is 1.68. The van der Waals surface area contributed by atoms with E-state index in [0.717, 1.165) is 30.1 Å². The first-order valence-electron chi connectivity index (χ1n) is 7.29. The van der Waals surface area contributed by atoms with Crippen molar-refractivity contribution in [3.63, 3.8) is 0 Å². The first kappa shape index (κ1) is 16.5. The third-order valence-electron chi connectivity index (χ3n) is 3.79. The predicted molar refractivity (Wildman–Crippen MR) is 89.5 cm³/mol. The first-order valence-corrected chi connectivity index (χ1v) is 10.2. The molecule has 1 fully saturated rings. The number of anilines is 2. The fourth-order valence-corrected chi connectivity index (χ4v) is 5.63. The van der Waals surface area contributed by atoms with Gasteiger partial charge in [0.25, 0.3) is 0 Å². The van der Waals surface area contributed by atoms with Crippen LogP contribution in [0.5, 0.6) is 0 Å². The van der Waals surface area contributed by atoms with Crippen molar-refractivity contribution in [2.45, 2.75) is 32.1 Å². The number of nitrogen functional groups attached to an aromatic ring is 1. The zero-order valence-corrected chi connectivity index (χ0v) is 14.5. The molecule has 2 rings (SSSR count). The van der Waals surface area contributed by atoms with Gasteiger partial charge in [0.1, 0.15) is 5.37 Å². The maximum atomic E-state index is 12.4. The molecule has 1 aromatic heterocycles. The van der Waals surface area contributed by atoms with Crippen LogP contribution in [0.3, 0.4) is 0 Å². The second-order valence-corrected chi connectivity index (χ2v) is 8.83. The summed E-state index contributed by atoms with van der Waals surface area (Å²) in [6.45, 7) is 4.46. The molecule has 1 saturated heterocycles. The second kappa shape index (κ2) is 6.48. The molecule has 21 heavy (non-hydrogen) atoms. The molecule has 0 radical (unpaired) electrons. The molecule has 0 spiro atoms. The Labute approximate surface area is 131 Å². The smallest absolute Gasteiger partial charge is 0.171 e. The largest absolute Gasteiger partial charge is 0.394 e. The fourth-order valence-electron chi connectivity index (χ4n) is 2.66. The molecular formula is C13H24N4O2S2. The van der Waals surface area contributed by atoms with Crippen LogP contribution in [0.4, 0.5) is 11.5 Å². The summed E-state index contributed by atoms with van der Waals surface area (Å²) in [4.78, 5) is 1.93. The van der Waals surface area contributed by atoms with Crippen molar-refractivity contribution in [2.24, 2.45) is 7.05 Å². The van der Waals surface area contributed by atoms with Crippen molar-refractivity contribution in [1.29, 1.82) is 0 Å². The molecule has 2 N–H and O–H groups in total. The lowest BCUT2D eigenvalue weighted by atomic mass is 10.2. The van der Waals surface area contributed by atoms with E-state index in [1.165, 1.54) is 0 Å². The highest BCUT2D eigenvalue weighted by molar-refractivity contribution is 8.01. The van der Waals surface area contributed by atoms with Crippen LogP contribution in [-0.2, 0) is 23.3 Å². The molecular weight excluding hydrogens is 308 g/mol. The van der Waals surface area contributed by atoms with Crippen molar-refractivity contribution in [1.82, 2.24) is 9.78 Å². The molecule has 0 bridgehead atoms. The molecule has 120 valence electrons. The number of sulfone groups is 1. The molecule has 1 aliphatic heterocycles. The highest BCUT2D eigenvalue weighted by Gasteiger charge is 2.35. The van der Waals surface area contributed by atoms with Gasteiger partial charge in [0, 0.05) is 30.9 Å². The van der Waals surface area contributed by atoms with Crippen molar-refractivity contribution in [2.75, 3.05) is 34.4 Å². The van der Waals surface area contributed by atoms with E-state index < -0.39 is 15.2 Å². The quantitative estimate of drug-likeness (QED) is 0.874. The minimum Gasteiger partial charge on any atom is -0.394 e. The van der Waals surface area contributed by atoms with Gasteiger partial charge in [0.15, 0.2) is 15.7 Å². The number of hydrogen-bond acceptors (Lipinski definition) is 6. The Morgan fingerprint density at radius 2 is 2.14 bits per heavy atom. The third kappa shape index (κ3) is 3.15. The van der Waals surface area contributed by atoms with Gasteiger partial charge in [0.05, 0.1) is 11.4 Å². The van der Waals surface area contributed by atoms with Gasteiger partial charge in [-0.05, 0) is 6.42 Å². The average Bonchev–Trinajstić information content (AvgIpc) is 2.74. The van der Waals surface area contributed by atoms with Crippen LogP contribution in [-0.4, -0.2) is 47.4 Å². The molecule has 1 aromatic rings. The van der Waals surface area contributed by atoms with Crippen molar-refractivity contribution in [3.8, 4) is 0 Å². The van der Waals surface area contributed by atoms with Gasteiger partial charge >= 0.3 is 0 Å². The topological polar surface area (TPSA) is 81.2 Å². The standard InChI is InChI=1S/C13H24N4O2S2/c1-4-6-10-12(14)13(16(3)15-10)17-7-8-20-9-11(17)21(18,19)5-2/h11H,4-9,14H2,1-3H3. The van der Waals surface area contributed by atoms with Crippen LogP contribution in [0.1, 0.15) is 26.0 Å². The minimum absolute atomic E-state index is 0.147. The van der Waals surface area contributed by atoms with Crippen LogP contribution >= 0.6 is 11.8 Å². The number of nitrogens with zero attached hydrogens (tertiary/aromatic N) is 3. The van der Waals surface area contributed by atoms with Gasteiger partial charge in [0.2, 0.25) is 0 Å². The summed E-state index contributed by atoms with van der Waals surface area (Å²) in [5.41, 5.74) is 7.73. The lowest BCUT2D eigenvalue weighted by Crippen LogP contribution is -2.49. The van der Waals surface area contributed by atoms with E-state index >= 15 is 0 Å². The summed E-state index contributed by atoms with van der Waals surface area (Å²) in [5.74, 6) is 2.39. The summed E-state index contributed by atoms with van der Waals surface area (Å²) < 4.78 is 26.5. The molecule has 1 aliphatic rings. The molecule has 1 unspecified atom stereocenters. The van der Waals surface area contributed by atoms with E-state index in [1.807, 2.05) is 11.9 Å². The Morgan fingerprint density at radius 1 is 1.43 bits per heavy atom. The van der Waals surface area contributed by atoms with Crippen molar-refractivity contribution in [3.05, 3.63) is 5.69 Å². The van der Waals surface area contributed by atoms with Crippen LogP contribution in [0.15, 0.2) is 0 Å². The second-order valence-electron chi connectivity index (χ2n) is 5.23. The molecule has 6 nitrogen and oxygen atoms in total. The van der Waals surface area contributed by atoms with Gasteiger partial charge in [-0.3, -0.25) is 4.68 Å². The lowest BCUT2D eigenvalue weighted by Gasteiger charge is -2.36. The number of nitrogens with two attached hydrogens (primary N) is 1. The number of aryl methyl sites for hydroxylation is 2. The highest BCUT2D eigenvalue weighted by atomic mass is 32.2. The molecule has 0 aromatic carbocycles. The number of thioether (sulfide) groups is 1. The van der Waals surface area contributed by atoms with Gasteiger partial charge in [-0.15, -0.1) is 0 Å². The van der Waals surface area contributed by atoms with E-state index in [1.54, 1.807) is 23.4 Å². The summed E-state index contributed by atoms with van der Waals surface area (Å²) in [7, 11) is -1.31. The summed E-state index contributed by atoms with van der Waals surface area (Å²) in [5, 5.41) is 3.96. The Balaban J connectivity index is 2.43. The normalized spacial score (nSPS) is 20.0. The van der Waals surface area contributed by atoms with E-state index in [0.29, 0.717) is 18.0 Å². The zero-order valence-electron chi connectivity index (χ0n) is 12.9. The Bertz CT molecular complexity index is 598. The molecule has 2 heterocycles. The van der Waals surface area contributed by atoms with Crippen LogP contribution < -0.4 is 10.6 Å². The van der Waals surface area contributed by atoms with Gasteiger partial charge in [-0.1, -0.05) is 20.3 Å². The Kier molecular flexibility index (Phi) is 5.08. The maximum Gasteiger partial charge on any atom is 0.171 e. The minimum atomic E-state index is -3.15. The van der Waals surface area contributed by atoms with Crippen molar-refractivity contribution >= 4 is 33.1 Å². The van der Waals surface area contributed by atoms with Crippen LogP contribution in [0.25, 0.3) is 0 Å². The van der Waals surface area contributed by atoms with E-state index in [-0.39, 0.29) is 5.75 Å². The van der Waals surface area contributed by atoms with Crippen molar-refractivity contribution < 1.29 is 8.42 Å². The maximum absolute atomic E-state index is 12.4. The van der Waals surface area contributed by atoms with Gasteiger partial charge < -0.3 is 10.6 Å². The summed E-state index contributed by atoms with van der Waals surface area (Å²) in [6.07, 6.45) is 1.78. The van der Waals surface area contributed by atoms with Gasteiger partial charge in [-0.2, -0.15) is 16.9 Å². The van der Waals surface area contributed by atoms with Crippen LogP contribution in [0.2, 0.25) is 0 Å². The summed E-state index contributed by atoms with van der Waals surface area (Å²) in [6, 6.07) is 0. The Morgan fingerprint density at radius 3 is 2.76 bits per heavy atom. The highest BCUT2D eigenvalue weighted by Crippen LogP contribution is 2.33. The average molecular weight is 332 g/mol. The van der Waals surface area contributed by atoms with Crippen LogP contribution in [0, 0.1) is 0 Å². The fraction of sp³-hybridized carbons (Fsp3) is 0.769. The predicted octanol–water partition coefficient (Wildman–Crippen LogP) is 1.27. The number of rotatable bonds is 5. The SMILES string of the molecule is CCCc1nn(C)c(N2CCSCC2S(=O)(=O)CC)c1N. The van der Waals surface area contributed by atoms with E-state index in [2.05, 4.69) is 12.0 Å². The zero-order chi connectivity index (χ0) is 15.6. The monoisotopic (exact) mass is 332 g/mol. The third-order valence-corrected chi connectivity index (χ3v) is 7.08. The van der Waals surface area contributed by atoms with E-state index in [9.17, 15) is 8.42 Å². The number of hydrogen-bond donors (Lipinski definition) is 1. The molecule has 1 atom stereocenters. The molecule has 0 amide bonds. The first-order chi connectivity index (χ1) is 9.92. The lowest BCUT2D eigenvalue weighted by molar-refractivity contribution is 0.576. The Hall–Kier alpha value is -0.890. The van der Waals surface area contributed by atoms with Gasteiger partial charge in [-0.25, -0.2) is 8.42 Å². The number of aromatic nitrogens is 2. The molecule has 0 saturated carbocycles.